The van der Waals surface area contributed by atoms with Crippen molar-refractivity contribution in [1.82, 2.24) is 4.98 Å². The first kappa shape index (κ1) is 14.5. The van der Waals surface area contributed by atoms with E-state index in [9.17, 15) is 8.42 Å². The lowest BCUT2D eigenvalue weighted by Crippen LogP contribution is -2.12. The van der Waals surface area contributed by atoms with E-state index in [4.69, 9.17) is 5.73 Å². The van der Waals surface area contributed by atoms with E-state index in [1.807, 2.05) is 13.8 Å². The molecule has 0 radical (unpaired) electrons. The minimum Gasteiger partial charge on any atom is -0.399 e. The lowest BCUT2D eigenvalue weighted by molar-refractivity contribution is 0.601. The number of benzene rings is 1. The zero-order valence-electron chi connectivity index (χ0n) is 10.1. The summed E-state index contributed by atoms with van der Waals surface area (Å²) in [5.41, 5.74) is 6.00. The highest BCUT2D eigenvalue weighted by molar-refractivity contribution is 7.93. The van der Waals surface area contributed by atoms with Gasteiger partial charge in [0, 0.05) is 17.3 Å². The van der Waals surface area contributed by atoms with Crippen LogP contribution in [0, 0.1) is 0 Å². The molecular formula is C11H15N3O2S2. The molecule has 0 atom stereocenters. The quantitative estimate of drug-likeness (QED) is 0.849. The molecule has 0 aliphatic heterocycles. The average molecular weight is 285 g/mol. The Morgan fingerprint density at radius 3 is 2.33 bits per heavy atom. The second kappa shape index (κ2) is 6.36. The fraction of sp³-hybridized carbons (Fsp3) is 0.182. The SMILES string of the molecule is CC.Nc1ccc(S(=O)(=O)Nc2nccs2)cc1. The molecule has 0 aliphatic carbocycles. The summed E-state index contributed by atoms with van der Waals surface area (Å²) in [6, 6.07) is 5.98. The van der Waals surface area contributed by atoms with Crippen LogP contribution in [-0.2, 0) is 10.0 Å². The molecule has 1 aromatic heterocycles. The van der Waals surface area contributed by atoms with E-state index in [1.165, 1.54) is 41.8 Å². The number of anilines is 2. The monoisotopic (exact) mass is 285 g/mol. The van der Waals surface area contributed by atoms with Gasteiger partial charge in [0.1, 0.15) is 0 Å². The fourth-order valence-corrected chi connectivity index (χ4v) is 2.88. The molecule has 2 aromatic rings. The highest BCUT2D eigenvalue weighted by atomic mass is 32.2. The topological polar surface area (TPSA) is 85.1 Å². The van der Waals surface area contributed by atoms with Gasteiger partial charge in [-0.1, -0.05) is 13.8 Å². The van der Waals surface area contributed by atoms with E-state index in [0.29, 0.717) is 10.8 Å². The van der Waals surface area contributed by atoms with Crippen LogP contribution in [0.3, 0.4) is 0 Å². The van der Waals surface area contributed by atoms with Crippen LogP contribution in [0.25, 0.3) is 0 Å². The van der Waals surface area contributed by atoms with E-state index in [1.54, 1.807) is 5.38 Å². The Labute approximate surface area is 111 Å². The van der Waals surface area contributed by atoms with Crippen molar-refractivity contribution < 1.29 is 8.42 Å². The van der Waals surface area contributed by atoms with Crippen molar-refractivity contribution in [3.63, 3.8) is 0 Å². The summed E-state index contributed by atoms with van der Waals surface area (Å²) in [5.74, 6) is 0. The van der Waals surface area contributed by atoms with Crippen molar-refractivity contribution in [2.75, 3.05) is 10.5 Å². The molecule has 98 valence electrons. The Hall–Kier alpha value is -1.60. The predicted molar refractivity (Wildman–Crippen MR) is 75.1 cm³/mol. The van der Waals surface area contributed by atoms with Crippen molar-refractivity contribution >= 4 is 32.2 Å². The number of sulfonamides is 1. The smallest absolute Gasteiger partial charge is 0.263 e. The van der Waals surface area contributed by atoms with Crippen LogP contribution in [0.5, 0.6) is 0 Å². The first-order chi connectivity index (χ1) is 8.58. The maximum atomic E-state index is 11.8. The zero-order chi connectivity index (χ0) is 13.6. The Morgan fingerprint density at radius 1 is 1.22 bits per heavy atom. The third-order valence-corrected chi connectivity index (χ3v) is 4.02. The second-order valence-corrected chi connectivity index (χ2v) is 5.59. The van der Waals surface area contributed by atoms with Crippen molar-refractivity contribution in [2.45, 2.75) is 18.7 Å². The van der Waals surface area contributed by atoms with Crippen LogP contribution >= 0.6 is 11.3 Å². The largest absolute Gasteiger partial charge is 0.399 e. The molecule has 2 rings (SSSR count). The Kier molecular flexibility index (Phi) is 5.11. The predicted octanol–water partition coefficient (Wildman–Crippen LogP) is 2.55. The Balaban J connectivity index is 0.000000771. The van der Waals surface area contributed by atoms with Gasteiger partial charge in [-0.2, -0.15) is 0 Å². The second-order valence-electron chi connectivity index (χ2n) is 3.01. The molecule has 0 aliphatic rings. The minimum atomic E-state index is -3.56. The van der Waals surface area contributed by atoms with E-state index in [2.05, 4.69) is 9.71 Å². The normalized spacial score (nSPS) is 10.3. The van der Waals surface area contributed by atoms with Crippen LogP contribution in [-0.4, -0.2) is 13.4 Å². The first-order valence-corrected chi connectivity index (χ1v) is 7.72. The number of nitrogens with one attached hydrogen (secondary N) is 1. The molecule has 0 bridgehead atoms. The van der Waals surface area contributed by atoms with E-state index < -0.39 is 10.0 Å². The van der Waals surface area contributed by atoms with Gasteiger partial charge in [0.15, 0.2) is 5.13 Å². The molecule has 7 heteroatoms. The van der Waals surface area contributed by atoms with Gasteiger partial charge in [0.2, 0.25) is 0 Å². The molecule has 0 fully saturated rings. The van der Waals surface area contributed by atoms with Crippen LogP contribution in [0.1, 0.15) is 13.8 Å². The summed E-state index contributed by atoms with van der Waals surface area (Å²) >= 11 is 1.22. The van der Waals surface area contributed by atoms with Gasteiger partial charge in [-0.05, 0) is 24.3 Å². The average Bonchev–Trinajstić information content (AvgIpc) is 2.84. The number of nitrogens with two attached hydrogens (primary N) is 1. The van der Waals surface area contributed by atoms with Crippen LogP contribution in [0.4, 0.5) is 10.8 Å². The summed E-state index contributed by atoms with van der Waals surface area (Å²) in [6.07, 6.45) is 1.53. The van der Waals surface area contributed by atoms with Crippen LogP contribution in [0.2, 0.25) is 0 Å². The standard InChI is InChI=1S/C9H9N3O2S2.C2H6/c10-7-1-3-8(4-2-7)16(13,14)12-9-11-5-6-15-9;1-2/h1-6H,10H2,(H,11,12);1-2H3. The van der Waals surface area contributed by atoms with Crippen molar-refractivity contribution in [1.29, 1.82) is 0 Å². The summed E-state index contributed by atoms with van der Waals surface area (Å²) in [4.78, 5) is 4.01. The van der Waals surface area contributed by atoms with E-state index >= 15 is 0 Å². The van der Waals surface area contributed by atoms with Gasteiger partial charge in [-0.3, -0.25) is 4.72 Å². The van der Waals surface area contributed by atoms with Gasteiger partial charge >= 0.3 is 0 Å². The fourth-order valence-electron chi connectivity index (χ4n) is 1.09. The van der Waals surface area contributed by atoms with Gasteiger partial charge in [-0.25, -0.2) is 13.4 Å². The Morgan fingerprint density at radius 2 is 1.83 bits per heavy atom. The minimum absolute atomic E-state index is 0.164. The van der Waals surface area contributed by atoms with Crippen molar-refractivity contribution in [2.24, 2.45) is 0 Å². The molecule has 5 nitrogen and oxygen atoms in total. The van der Waals surface area contributed by atoms with Gasteiger partial charge in [0.05, 0.1) is 4.90 Å². The summed E-state index contributed by atoms with van der Waals surface area (Å²) in [7, 11) is -3.56. The molecule has 0 saturated carbocycles. The van der Waals surface area contributed by atoms with Crippen molar-refractivity contribution in [3.05, 3.63) is 35.8 Å². The first-order valence-electron chi connectivity index (χ1n) is 5.36. The number of aromatic nitrogens is 1. The number of hydrogen-bond donors (Lipinski definition) is 2. The highest BCUT2D eigenvalue weighted by Gasteiger charge is 2.14. The molecular weight excluding hydrogens is 270 g/mol. The lowest BCUT2D eigenvalue weighted by Gasteiger charge is -2.04. The molecule has 1 heterocycles. The number of nitrogen functional groups attached to an aromatic ring is 1. The van der Waals surface area contributed by atoms with Gasteiger partial charge in [-0.15, -0.1) is 11.3 Å². The van der Waals surface area contributed by atoms with Crippen LogP contribution < -0.4 is 10.5 Å². The molecule has 18 heavy (non-hydrogen) atoms. The molecule has 1 aromatic carbocycles. The number of nitrogens with zero attached hydrogens (tertiary/aromatic N) is 1. The summed E-state index contributed by atoms with van der Waals surface area (Å²) in [6.45, 7) is 4.00. The third-order valence-electron chi connectivity index (χ3n) is 1.84. The number of hydrogen-bond acceptors (Lipinski definition) is 5. The molecule has 0 amide bonds. The molecule has 0 saturated heterocycles. The molecule has 0 spiro atoms. The lowest BCUT2D eigenvalue weighted by atomic mass is 10.3. The van der Waals surface area contributed by atoms with Crippen molar-refractivity contribution in [3.8, 4) is 0 Å². The summed E-state index contributed by atoms with van der Waals surface area (Å²) in [5, 5.41) is 2.04. The number of thiazole rings is 1. The highest BCUT2D eigenvalue weighted by Crippen LogP contribution is 2.18. The number of rotatable bonds is 3. The third kappa shape index (κ3) is 3.71. The molecule has 0 unspecified atom stereocenters. The van der Waals surface area contributed by atoms with Crippen LogP contribution in [0.15, 0.2) is 40.7 Å². The Bertz CT molecular complexity index is 563. The zero-order valence-corrected chi connectivity index (χ0v) is 11.8. The maximum absolute atomic E-state index is 11.8. The van der Waals surface area contributed by atoms with E-state index in [-0.39, 0.29) is 4.90 Å². The van der Waals surface area contributed by atoms with Gasteiger partial charge in [0.25, 0.3) is 10.0 Å². The maximum Gasteiger partial charge on any atom is 0.263 e. The molecule has 3 N–H and O–H groups in total. The van der Waals surface area contributed by atoms with E-state index in [0.717, 1.165) is 0 Å². The summed E-state index contributed by atoms with van der Waals surface area (Å²) < 4.78 is 26.0. The van der Waals surface area contributed by atoms with Gasteiger partial charge < -0.3 is 5.73 Å².